The summed E-state index contributed by atoms with van der Waals surface area (Å²) in [6.07, 6.45) is 3.70. The predicted molar refractivity (Wildman–Crippen MR) is 78.6 cm³/mol. The standard InChI is InChI=1S/C16H18N2O3/c1-11-3-4-17-8-13(11)9-18-7-12-5-14(19-2)16-15(6-12)20-10-21-16/h3-6,8,18H,7,9-10H2,1-2H3. The average molecular weight is 286 g/mol. The Balaban J connectivity index is 1.67. The highest BCUT2D eigenvalue weighted by Crippen LogP contribution is 2.41. The molecule has 0 radical (unpaired) electrons. The van der Waals surface area contributed by atoms with E-state index in [0.29, 0.717) is 11.5 Å². The SMILES string of the molecule is COc1cc(CNCc2cnccc2C)cc2c1OCO2. The summed E-state index contributed by atoms with van der Waals surface area (Å²) in [4.78, 5) is 4.15. The molecule has 0 saturated carbocycles. The largest absolute Gasteiger partial charge is 0.493 e. The minimum Gasteiger partial charge on any atom is -0.493 e. The Morgan fingerprint density at radius 1 is 1.29 bits per heavy atom. The van der Waals surface area contributed by atoms with Crippen LogP contribution in [0.5, 0.6) is 17.2 Å². The number of hydrogen-bond donors (Lipinski definition) is 1. The van der Waals surface area contributed by atoms with Crippen LogP contribution in [-0.4, -0.2) is 18.9 Å². The number of pyridine rings is 1. The van der Waals surface area contributed by atoms with E-state index in [4.69, 9.17) is 14.2 Å². The number of nitrogens with one attached hydrogen (secondary N) is 1. The molecule has 21 heavy (non-hydrogen) atoms. The summed E-state index contributed by atoms with van der Waals surface area (Å²) in [6, 6.07) is 5.96. The van der Waals surface area contributed by atoms with Gasteiger partial charge in [-0.1, -0.05) is 0 Å². The number of fused-ring (bicyclic) bond motifs is 1. The first-order valence-corrected chi connectivity index (χ1v) is 6.84. The third kappa shape index (κ3) is 2.92. The molecule has 1 aliphatic heterocycles. The predicted octanol–water partition coefficient (Wildman–Crippen LogP) is 2.42. The Kier molecular flexibility index (Phi) is 3.92. The van der Waals surface area contributed by atoms with Crippen molar-refractivity contribution in [2.24, 2.45) is 0 Å². The fourth-order valence-electron chi connectivity index (χ4n) is 2.31. The lowest BCUT2D eigenvalue weighted by molar-refractivity contribution is 0.171. The van der Waals surface area contributed by atoms with Gasteiger partial charge in [0, 0.05) is 25.5 Å². The Hall–Kier alpha value is -2.27. The summed E-state index contributed by atoms with van der Waals surface area (Å²) < 4.78 is 16.2. The first kappa shape index (κ1) is 13.7. The van der Waals surface area contributed by atoms with E-state index in [2.05, 4.69) is 17.2 Å². The van der Waals surface area contributed by atoms with Crippen LogP contribution in [0.25, 0.3) is 0 Å². The van der Waals surface area contributed by atoms with Crippen molar-refractivity contribution < 1.29 is 14.2 Å². The van der Waals surface area contributed by atoms with Crippen LogP contribution in [0.2, 0.25) is 0 Å². The van der Waals surface area contributed by atoms with E-state index in [0.717, 1.165) is 24.4 Å². The molecular weight excluding hydrogens is 268 g/mol. The number of ether oxygens (including phenoxy) is 3. The first-order chi connectivity index (χ1) is 10.3. The van der Waals surface area contributed by atoms with E-state index in [1.54, 1.807) is 7.11 Å². The highest BCUT2D eigenvalue weighted by Gasteiger charge is 2.19. The van der Waals surface area contributed by atoms with Gasteiger partial charge in [-0.3, -0.25) is 4.98 Å². The summed E-state index contributed by atoms with van der Waals surface area (Å²) in [7, 11) is 1.63. The second kappa shape index (κ2) is 6.01. The zero-order valence-electron chi connectivity index (χ0n) is 12.2. The van der Waals surface area contributed by atoms with Crippen LogP contribution in [0.3, 0.4) is 0 Å². The molecule has 5 heteroatoms. The highest BCUT2D eigenvalue weighted by molar-refractivity contribution is 5.55. The number of methoxy groups -OCH3 is 1. The summed E-state index contributed by atoms with van der Waals surface area (Å²) >= 11 is 0. The van der Waals surface area contributed by atoms with Gasteiger partial charge in [-0.15, -0.1) is 0 Å². The molecule has 0 spiro atoms. The van der Waals surface area contributed by atoms with E-state index >= 15 is 0 Å². The molecule has 2 heterocycles. The van der Waals surface area contributed by atoms with Crippen LogP contribution in [0, 0.1) is 6.92 Å². The molecule has 0 unspecified atom stereocenters. The Morgan fingerprint density at radius 2 is 2.19 bits per heavy atom. The smallest absolute Gasteiger partial charge is 0.231 e. The molecule has 0 amide bonds. The van der Waals surface area contributed by atoms with Gasteiger partial charge < -0.3 is 19.5 Å². The average Bonchev–Trinajstić information content (AvgIpc) is 2.97. The second-order valence-corrected chi connectivity index (χ2v) is 4.94. The zero-order chi connectivity index (χ0) is 14.7. The zero-order valence-corrected chi connectivity index (χ0v) is 12.2. The Morgan fingerprint density at radius 3 is 3.00 bits per heavy atom. The molecule has 0 aliphatic carbocycles. The van der Waals surface area contributed by atoms with E-state index in [-0.39, 0.29) is 6.79 Å². The number of nitrogens with zero attached hydrogens (tertiary/aromatic N) is 1. The van der Waals surface area contributed by atoms with Gasteiger partial charge in [-0.2, -0.15) is 0 Å². The van der Waals surface area contributed by atoms with Crippen LogP contribution in [0.4, 0.5) is 0 Å². The third-order valence-electron chi connectivity index (χ3n) is 3.51. The summed E-state index contributed by atoms with van der Waals surface area (Å²) in [5.74, 6) is 2.13. The molecule has 2 aromatic rings. The molecule has 1 aromatic carbocycles. The van der Waals surface area contributed by atoms with Crippen LogP contribution in [-0.2, 0) is 13.1 Å². The fourth-order valence-corrected chi connectivity index (χ4v) is 2.31. The Bertz CT molecular complexity index is 643. The van der Waals surface area contributed by atoms with Gasteiger partial charge in [-0.05, 0) is 41.8 Å². The maximum absolute atomic E-state index is 5.43. The van der Waals surface area contributed by atoms with Gasteiger partial charge in [0.25, 0.3) is 0 Å². The lowest BCUT2D eigenvalue weighted by Crippen LogP contribution is -2.13. The van der Waals surface area contributed by atoms with E-state index in [9.17, 15) is 0 Å². The van der Waals surface area contributed by atoms with Crippen molar-refractivity contribution in [3.8, 4) is 17.2 Å². The molecule has 0 fully saturated rings. The molecule has 0 saturated heterocycles. The third-order valence-corrected chi connectivity index (χ3v) is 3.51. The van der Waals surface area contributed by atoms with E-state index in [1.165, 1.54) is 11.1 Å². The van der Waals surface area contributed by atoms with Crippen molar-refractivity contribution >= 4 is 0 Å². The van der Waals surface area contributed by atoms with Crippen molar-refractivity contribution in [1.29, 1.82) is 0 Å². The normalized spacial score (nSPS) is 12.5. The number of benzene rings is 1. The number of hydrogen-bond acceptors (Lipinski definition) is 5. The highest BCUT2D eigenvalue weighted by atomic mass is 16.7. The summed E-state index contributed by atoms with van der Waals surface area (Å²) in [6.45, 7) is 3.83. The van der Waals surface area contributed by atoms with Crippen LogP contribution >= 0.6 is 0 Å². The molecule has 3 rings (SSSR count). The lowest BCUT2D eigenvalue weighted by Gasteiger charge is -2.10. The maximum atomic E-state index is 5.43. The molecule has 5 nitrogen and oxygen atoms in total. The molecule has 110 valence electrons. The molecular formula is C16H18N2O3. The van der Waals surface area contributed by atoms with Crippen molar-refractivity contribution in [2.75, 3.05) is 13.9 Å². The van der Waals surface area contributed by atoms with Crippen molar-refractivity contribution in [1.82, 2.24) is 10.3 Å². The maximum Gasteiger partial charge on any atom is 0.231 e. The van der Waals surface area contributed by atoms with Gasteiger partial charge in [0.2, 0.25) is 12.5 Å². The summed E-state index contributed by atoms with van der Waals surface area (Å²) in [5, 5.41) is 3.41. The van der Waals surface area contributed by atoms with Crippen LogP contribution < -0.4 is 19.5 Å². The van der Waals surface area contributed by atoms with Gasteiger partial charge in [0.05, 0.1) is 7.11 Å². The van der Waals surface area contributed by atoms with Crippen molar-refractivity contribution in [2.45, 2.75) is 20.0 Å². The van der Waals surface area contributed by atoms with E-state index in [1.807, 2.05) is 30.6 Å². The van der Waals surface area contributed by atoms with E-state index < -0.39 is 0 Å². The first-order valence-electron chi connectivity index (χ1n) is 6.84. The topological polar surface area (TPSA) is 52.6 Å². The monoisotopic (exact) mass is 286 g/mol. The van der Waals surface area contributed by atoms with Gasteiger partial charge in [0.1, 0.15) is 0 Å². The molecule has 1 aromatic heterocycles. The second-order valence-electron chi connectivity index (χ2n) is 4.94. The Labute approximate surface area is 123 Å². The number of rotatable bonds is 5. The molecule has 1 aliphatic rings. The van der Waals surface area contributed by atoms with Crippen molar-refractivity contribution in [3.63, 3.8) is 0 Å². The fraction of sp³-hybridized carbons (Fsp3) is 0.312. The quantitative estimate of drug-likeness (QED) is 0.915. The lowest BCUT2D eigenvalue weighted by atomic mass is 10.1. The van der Waals surface area contributed by atoms with Gasteiger partial charge >= 0.3 is 0 Å². The molecule has 1 N–H and O–H groups in total. The van der Waals surface area contributed by atoms with Crippen molar-refractivity contribution in [3.05, 3.63) is 47.3 Å². The minimum absolute atomic E-state index is 0.247. The number of aryl methyl sites for hydroxylation is 1. The van der Waals surface area contributed by atoms with Crippen LogP contribution in [0.15, 0.2) is 30.6 Å². The molecule has 0 atom stereocenters. The van der Waals surface area contributed by atoms with Gasteiger partial charge in [-0.25, -0.2) is 0 Å². The van der Waals surface area contributed by atoms with Crippen LogP contribution in [0.1, 0.15) is 16.7 Å². The molecule has 0 bridgehead atoms. The summed E-state index contributed by atoms with van der Waals surface area (Å²) in [5.41, 5.74) is 3.53. The van der Waals surface area contributed by atoms with Gasteiger partial charge in [0.15, 0.2) is 11.5 Å². The minimum atomic E-state index is 0.247. The number of aromatic nitrogens is 1.